The maximum Gasteiger partial charge on any atom is 0.312 e. The number of likely N-dealkylation sites (tertiary alicyclic amines) is 1. The Morgan fingerprint density at radius 3 is 2.56 bits per heavy atom. The van der Waals surface area contributed by atoms with Gasteiger partial charge in [0.2, 0.25) is 5.91 Å². The molecule has 3 N–H and O–H groups in total. The Labute approximate surface area is 147 Å². The first kappa shape index (κ1) is 17.7. The van der Waals surface area contributed by atoms with Crippen LogP contribution in [0.4, 0.5) is 4.79 Å². The molecule has 0 saturated carbocycles. The topological polar surface area (TPSA) is 93.9 Å². The van der Waals surface area contributed by atoms with Crippen molar-refractivity contribution in [1.29, 1.82) is 0 Å². The van der Waals surface area contributed by atoms with E-state index in [0.717, 1.165) is 11.1 Å². The molecule has 1 aromatic carbocycles. The normalized spacial score (nSPS) is 20.4. The van der Waals surface area contributed by atoms with Crippen molar-refractivity contribution < 1.29 is 19.1 Å². The lowest BCUT2D eigenvalue weighted by molar-refractivity contribution is -0.187. The van der Waals surface area contributed by atoms with E-state index in [1.165, 1.54) is 0 Å². The molecule has 136 valence electrons. The number of hydrogen-bond acceptors (Lipinski definition) is 4. The monoisotopic (exact) mass is 347 g/mol. The van der Waals surface area contributed by atoms with Crippen molar-refractivity contribution in [2.45, 2.75) is 38.0 Å². The summed E-state index contributed by atoms with van der Waals surface area (Å²) in [6.07, 6.45) is 1.54. The summed E-state index contributed by atoms with van der Waals surface area (Å²) in [6, 6.07) is 6.66. The molecule has 2 aliphatic heterocycles. The molecular weight excluding hydrogens is 322 g/mol. The van der Waals surface area contributed by atoms with Gasteiger partial charge in [-0.1, -0.05) is 29.8 Å². The van der Waals surface area contributed by atoms with Gasteiger partial charge in [0.1, 0.15) is 0 Å². The van der Waals surface area contributed by atoms with Crippen LogP contribution >= 0.6 is 0 Å². The number of aryl methyl sites for hydroxylation is 1. The van der Waals surface area contributed by atoms with Gasteiger partial charge < -0.3 is 25.4 Å². The first-order chi connectivity index (χ1) is 12.0. The highest BCUT2D eigenvalue weighted by Gasteiger charge is 2.40. The third-order valence-electron chi connectivity index (χ3n) is 4.83. The van der Waals surface area contributed by atoms with E-state index in [1.807, 2.05) is 36.1 Å². The second-order valence-electron chi connectivity index (χ2n) is 6.67. The van der Waals surface area contributed by atoms with Crippen LogP contribution in [0.2, 0.25) is 0 Å². The van der Waals surface area contributed by atoms with Gasteiger partial charge >= 0.3 is 6.03 Å². The van der Waals surface area contributed by atoms with E-state index in [2.05, 4.69) is 5.32 Å². The van der Waals surface area contributed by atoms with Crippen molar-refractivity contribution in [1.82, 2.24) is 10.2 Å². The smallest absolute Gasteiger partial charge is 0.312 e. The molecule has 0 aromatic heterocycles. The van der Waals surface area contributed by atoms with E-state index in [-0.39, 0.29) is 12.3 Å². The number of nitrogens with two attached hydrogens (primary N) is 1. The van der Waals surface area contributed by atoms with E-state index in [4.69, 9.17) is 15.2 Å². The zero-order valence-corrected chi connectivity index (χ0v) is 14.5. The van der Waals surface area contributed by atoms with E-state index in [1.54, 1.807) is 0 Å². The average Bonchev–Trinajstić information content (AvgIpc) is 3.02. The highest BCUT2D eigenvalue weighted by molar-refractivity contribution is 5.79. The predicted octanol–water partition coefficient (Wildman–Crippen LogP) is 1.46. The van der Waals surface area contributed by atoms with E-state index >= 15 is 0 Å². The fraction of sp³-hybridized carbons (Fsp3) is 0.556. The molecule has 2 fully saturated rings. The molecule has 3 amide bonds. The molecular formula is C18H25N3O4. The Hall–Kier alpha value is -2.12. The molecule has 7 heteroatoms. The second kappa shape index (κ2) is 7.41. The SMILES string of the molecule is Cc1cccc([C@H](CC(=O)N2CCC3(CC2)OCCO3)NC(N)=O)c1. The van der Waals surface area contributed by atoms with Gasteiger partial charge in [-0.25, -0.2) is 4.79 Å². The number of urea groups is 1. The number of nitrogens with zero attached hydrogens (tertiary/aromatic N) is 1. The molecule has 2 aliphatic rings. The highest BCUT2D eigenvalue weighted by atomic mass is 16.7. The molecule has 0 bridgehead atoms. The van der Waals surface area contributed by atoms with Crippen LogP contribution in [0.25, 0.3) is 0 Å². The van der Waals surface area contributed by atoms with Gasteiger partial charge in [-0.15, -0.1) is 0 Å². The number of carbonyl (C=O) groups is 2. The van der Waals surface area contributed by atoms with Crippen molar-refractivity contribution in [2.24, 2.45) is 5.73 Å². The van der Waals surface area contributed by atoms with Crippen LogP contribution in [0, 0.1) is 6.92 Å². The quantitative estimate of drug-likeness (QED) is 0.862. The number of carbonyl (C=O) groups excluding carboxylic acids is 2. The molecule has 2 heterocycles. The van der Waals surface area contributed by atoms with Crippen LogP contribution in [-0.2, 0) is 14.3 Å². The Morgan fingerprint density at radius 2 is 1.96 bits per heavy atom. The number of amides is 3. The fourth-order valence-electron chi connectivity index (χ4n) is 3.50. The Morgan fingerprint density at radius 1 is 1.28 bits per heavy atom. The summed E-state index contributed by atoms with van der Waals surface area (Å²) in [5.74, 6) is -0.508. The standard InChI is InChI=1S/C18H25N3O4/c1-13-3-2-4-14(11-13)15(20-17(19)23)12-16(22)21-7-5-18(6-8-21)24-9-10-25-18/h2-4,11,15H,5-10,12H2,1H3,(H3,19,20,23)/t15-/m0/s1. The molecule has 0 radical (unpaired) electrons. The van der Waals surface area contributed by atoms with Crippen LogP contribution in [0.3, 0.4) is 0 Å². The number of primary amides is 1. The summed E-state index contributed by atoms with van der Waals surface area (Å²) in [6.45, 7) is 4.39. The molecule has 7 nitrogen and oxygen atoms in total. The van der Waals surface area contributed by atoms with Gasteiger partial charge in [0.25, 0.3) is 0 Å². The summed E-state index contributed by atoms with van der Waals surface area (Å²) in [5, 5.41) is 2.68. The number of benzene rings is 1. The van der Waals surface area contributed by atoms with Crippen molar-refractivity contribution in [3.63, 3.8) is 0 Å². The largest absolute Gasteiger partial charge is 0.352 e. The Balaban J connectivity index is 1.63. The molecule has 1 aromatic rings. The van der Waals surface area contributed by atoms with Crippen LogP contribution in [0.1, 0.15) is 36.4 Å². The molecule has 1 atom stereocenters. The minimum atomic E-state index is -0.635. The number of rotatable bonds is 4. The molecule has 3 rings (SSSR count). The van der Waals surface area contributed by atoms with E-state index in [9.17, 15) is 9.59 Å². The van der Waals surface area contributed by atoms with Crippen LogP contribution in [0.15, 0.2) is 24.3 Å². The average molecular weight is 347 g/mol. The van der Waals surface area contributed by atoms with Crippen LogP contribution in [-0.4, -0.2) is 48.9 Å². The maximum atomic E-state index is 12.7. The maximum absolute atomic E-state index is 12.7. The zero-order valence-electron chi connectivity index (χ0n) is 14.5. The van der Waals surface area contributed by atoms with Gasteiger partial charge in [-0.2, -0.15) is 0 Å². The molecule has 1 spiro atoms. The van der Waals surface area contributed by atoms with Gasteiger partial charge in [0.15, 0.2) is 5.79 Å². The van der Waals surface area contributed by atoms with Crippen molar-refractivity contribution in [2.75, 3.05) is 26.3 Å². The third-order valence-corrected chi connectivity index (χ3v) is 4.83. The van der Waals surface area contributed by atoms with Gasteiger partial charge in [0, 0.05) is 25.9 Å². The molecule has 25 heavy (non-hydrogen) atoms. The van der Waals surface area contributed by atoms with Gasteiger partial charge in [-0.3, -0.25) is 4.79 Å². The predicted molar refractivity (Wildman–Crippen MR) is 91.7 cm³/mol. The lowest BCUT2D eigenvalue weighted by Gasteiger charge is -2.38. The number of hydrogen-bond donors (Lipinski definition) is 2. The number of ether oxygens (including phenoxy) is 2. The van der Waals surface area contributed by atoms with E-state index < -0.39 is 17.9 Å². The fourth-order valence-corrected chi connectivity index (χ4v) is 3.50. The minimum absolute atomic E-state index is 0.00639. The number of nitrogens with one attached hydrogen (secondary N) is 1. The molecule has 0 aliphatic carbocycles. The van der Waals surface area contributed by atoms with Crippen molar-refractivity contribution >= 4 is 11.9 Å². The van der Waals surface area contributed by atoms with Gasteiger partial charge in [0.05, 0.1) is 25.7 Å². The molecule has 2 saturated heterocycles. The number of piperidine rings is 1. The van der Waals surface area contributed by atoms with E-state index in [0.29, 0.717) is 39.1 Å². The first-order valence-electron chi connectivity index (χ1n) is 8.66. The molecule has 0 unspecified atom stereocenters. The Bertz CT molecular complexity index is 633. The van der Waals surface area contributed by atoms with Gasteiger partial charge in [-0.05, 0) is 12.5 Å². The second-order valence-corrected chi connectivity index (χ2v) is 6.67. The summed E-state index contributed by atoms with van der Waals surface area (Å²) in [5.41, 5.74) is 7.24. The zero-order chi connectivity index (χ0) is 17.9. The summed E-state index contributed by atoms with van der Waals surface area (Å²) < 4.78 is 11.4. The van der Waals surface area contributed by atoms with Crippen molar-refractivity contribution in [3.05, 3.63) is 35.4 Å². The van der Waals surface area contributed by atoms with Crippen LogP contribution < -0.4 is 11.1 Å². The highest BCUT2D eigenvalue weighted by Crippen LogP contribution is 2.32. The Kier molecular flexibility index (Phi) is 5.24. The minimum Gasteiger partial charge on any atom is -0.352 e. The lowest BCUT2D eigenvalue weighted by Crippen LogP contribution is -2.48. The third kappa shape index (κ3) is 4.29. The summed E-state index contributed by atoms with van der Waals surface area (Å²) in [4.78, 5) is 25.9. The summed E-state index contributed by atoms with van der Waals surface area (Å²) >= 11 is 0. The first-order valence-corrected chi connectivity index (χ1v) is 8.66. The summed E-state index contributed by atoms with van der Waals surface area (Å²) in [7, 11) is 0. The van der Waals surface area contributed by atoms with Crippen LogP contribution in [0.5, 0.6) is 0 Å². The lowest BCUT2D eigenvalue weighted by atomic mass is 9.99. The van der Waals surface area contributed by atoms with Crippen molar-refractivity contribution in [3.8, 4) is 0 Å².